The van der Waals surface area contributed by atoms with E-state index in [-0.39, 0.29) is 4.90 Å². The second-order valence-corrected chi connectivity index (χ2v) is 6.68. The molecule has 1 aromatic rings. The number of ether oxygens (including phenoxy) is 1. The summed E-state index contributed by atoms with van der Waals surface area (Å²) in [7, 11) is -3.50. The van der Waals surface area contributed by atoms with Crippen LogP contribution in [0.25, 0.3) is 0 Å². The Morgan fingerprint density at radius 2 is 1.86 bits per heavy atom. The van der Waals surface area contributed by atoms with Gasteiger partial charge in [-0.15, -0.1) is 4.83 Å². The summed E-state index contributed by atoms with van der Waals surface area (Å²) in [6.45, 7) is 6.05. The van der Waals surface area contributed by atoms with Gasteiger partial charge in [0.15, 0.2) is 0 Å². The lowest BCUT2D eigenvalue weighted by Gasteiger charge is -2.26. The first-order valence-electron chi connectivity index (χ1n) is 7.26. The van der Waals surface area contributed by atoms with Gasteiger partial charge < -0.3 is 10.1 Å². The van der Waals surface area contributed by atoms with E-state index in [1.54, 1.807) is 17.1 Å². The Hall–Kier alpha value is -0.990. The molecule has 0 aliphatic carbocycles. The molecule has 2 N–H and O–H groups in total. The topological polar surface area (TPSA) is 70.7 Å². The van der Waals surface area contributed by atoms with Crippen LogP contribution < -0.4 is 10.1 Å². The molecule has 0 spiro atoms. The molecule has 0 unspecified atom stereocenters. The first-order valence-corrected chi connectivity index (χ1v) is 8.75. The molecule has 1 aliphatic rings. The number of sulfonamides is 1. The molecule has 1 aromatic carbocycles. The van der Waals surface area contributed by atoms with Gasteiger partial charge in [-0.3, -0.25) is 0 Å². The molecule has 1 heterocycles. The van der Waals surface area contributed by atoms with Crippen LogP contribution in [0.15, 0.2) is 29.2 Å². The van der Waals surface area contributed by atoms with Crippen molar-refractivity contribution in [2.45, 2.75) is 24.8 Å². The zero-order valence-corrected chi connectivity index (χ0v) is 13.2. The molecule has 0 aromatic heterocycles. The van der Waals surface area contributed by atoms with Gasteiger partial charge in [-0.05, 0) is 30.7 Å². The lowest BCUT2D eigenvalue weighted by atomic mass is 10.2. The van der Waals surface area contributed by atoms with Gasteiger partial charge in [-0.25, -0.2) is 13.4 Å². The molecule has 21 heavy (non-hydrogen) atoms. The zero-order valence-electron chi connectivity index (χ0n) is 12.3. The molecule has 118 valence electrons. The van der Waals surface area contributed by atoms with E-state index in [9.17, 15) is 8.42 Å². The van der Waals surface area contributed by atoms with Crippen LogP contribution in [-0.4, -0.2) is 46.3 Å². The maximum atomic E-state index is 12.3. The van der Waals surface area contributed by atoms with Crippen LogP contribution in [0.1, 0.15) is 18.9 Å². The second kappa shape index (κ2) is 7.86. The van der Waals surface area contributed by atoms with Crippen molar-refractivity contribution in [1.29, 1.82) is 0 Å². The molecule has 2 rings (SSSR count). The lowest BCUT2D eigenvalue weighted by Crippen LogP contribution is -2.48. The summed E-state index contributed by atoms with van der Waals surface area (Å²) < 4.78 is 29.7. The van der Waals surface area contributed by atoms with Crippen LogP contribution >= 0.6 is 0 Å². The lowest BCUT2D eigenvalue weighted by molar-refractivity contribution is 0.0272. The summed E-state index contributed by atoms with van der Waals surface area (Å²) >= 11 is 0. The monoisotopic (exact) mass is 313 g/mol. The third-order valence-electron chi connectivity index (χ3n) is 3.25. The summed E-state index contributed by atoms with van der Waals surface area (Å²) in [6.07, 6.45) is 1.08. The van der Waals surface area contributed by atoms with Gasteiger partial charge in [-0.2, -0.15) is 0 Å². The molecule has 6 nitrogen and oxygen atoms in total. The van der Waals surface area contributed by atoms with E-state index in [1.807, 2.05) is 12.1 Å². The Balaban J connectivity index is 1.95. The van der Waals surface area contributed by atoms with Crippen molar-refractivity contribution in [3.05, 3.63) is 29.8 Å². The summed E-state index contributed by atoms with van der Waals surface area (Å²) in [6, 6.07) is 6.98. The molecule has 0 radical (unpaired) electrons. The highest BCUT2D eigenvalue weighted by atomic mass is 32.2. The molecule has 1 fully saturated rings. The van der Waals surface area contributed by atoms with Crippen LogP contribution in [0.5, 0.6) is 0 Å². The van der Waals surface area contributed by atoms with Crippen LogP contribution in [0.3, 0.4) is 0 Å². The Labute approximate surface area is 126 Å². The fourth-order valence-electron chi connectivity index (χ4n) is 2.07. The zero-order chi connectivity index (χ0) is 15.1. The van der Waals surface area contributed by atoms with Crippen LogP contribution in [0, 0.1) is 0 Å². The number of benzene rings is 1. The molecule has 0 bridgehead atoms. The maximum absolute atomic E-state index is 12.3. The largest absolute Gasteiger partial charge is 0.379 e. The van der Waals surface area contributed by atoms with Gasteiger partial charge in [0, 0.05) is 19.6 Å². The molecular formula is C14H23N3O3S. The molecule has 7 heteroatoms. The van der Waals surface area contributed by atoms with Gasteiger partial charge >= 0.3 is 0 Å². The van der Waals surface area contributed by atoms with E-state index in [4.69, 9.17) is 4.74 Å². The normalized spacial score (nSPS) is 17.0. The summed E-state index contributed by atoms with van der Waals surface area (Å²) in [5.74, 6) is 0. The quantitative estimate of drug-likeness (QED) is 0.726. The number of hydrogen-bond acceptors (Lipinski definition) is 5. The predicted molar refractivity (Wildman–Crippen MR) is 81.2 cm³/mol. The van der Waals surface area contributed by atoms with E-state index < -0.39 is 10.0 Å². The van der Waals surface area contributed by atoms with Crippen molar-refractivity contribution in [2.24, 2.45) is 0 Å². The van der Waals surface area contributed by atoms with E-state index in [0.717, 1.165) is 25.1 Å². The third-order valence-corrected chi connectivity index (χ3v) is 4.64. The summed E-state index contributed by atoms with van der Waals surface area (Å²) in [4.78, 5) is 2.88. The number of nitrogens with one attached hydrogen (secondary N) is 2. The van der Waals surface area contributed by atoms with Gasteiger partial charge in [-0.1, -0.05) is 19.1 Å². The van der Waals surface area contributed by atoms with E-state index in [1.165, 1.54) is 0 Å². The van der Waals surface area contributed by atoms with Crippen molar-refractivity contribution >= 4 is 10.0 Å². The Morgan fingerprint density at radius 1 is 1.19 bits per heavy atom. The summed E-state index contributed by atoms with van der Waals surface area (Å²) in [5, 5.41) is 4.96. The first-order chi connectivity index (χ1) is 10.1. The van der Waals surface area contributed by atoms with Crippen molar-refractivity contribution in [3.63, 3.8) is 0 Å². The second-order valence-electron chi connectivity index (χ2n) is 5.01. The van der Waals surface area contributed by atoms with Crippen LogP contribution in [0.2, 0.25) is 0 Å². The molecule has 0 atom stereocenters. The Morgan fingerprint density at radius 3 is 2.48 bits per heavy atom. The predicted octanol–water partition coefficient (Wildman–Crippen LogP) is 0.712. The number of morpholine rings is 1. The number of hydrogen-bond donors (Lipinski definition) is 2. The molecule has 0 saturated carbocycles. The average Bonchev–Trinajstić information content (AvgIpc) is 2.49. The fourth-order valence-corrected chi connectivity index (χ4v) is 3.20. The third kappa shape index (κ3) is 5.05. The van der Waals surface area contributed by atoms with Crippen molar-refractivity contribution in [1.82, 2.24) is 15.2 Å². The summed E-state index contributed by atoms with van der Waals surface area (Å²) in [5.41, 5.74) is 1.08. The highest BCUT2D eigenvalue weighted by molar-refractivity contribution is 7.89. The van der Waals surface area contributed by atoms with E-state index in [2.05, 4.69) is 17.1 Å². The number of nitrogens with zero attached hydrogens (tertiary/aromatic N) is 1. The van der Waals surface area contributed by atoms with Gasteiger partial charge in [0.25, 0.3) is 10.0 Å². The first kappa shape index (κ1) is 16.4. The van der Waals surface area contributed by atoms with Crippen molar-refractivity contribution in [3.8, 4) is 0 Å². The van der Waals surface area contributed by atoms with Crippen molar-refractivity contribution in [2.75, 3.05) is 32.8 Å². The molecule has 1 aliphatic heterocycles. The van der Waals surface area contributed by atoms with E-state index >= 15 is 0 Å². The minimum Gasteiger partial charge on any atom is -0.379 e. The molecular weight excluding hydrogens is 290 g/mol. The highest BCUT2D eigenvalue weighted by Gasteiger charge is 2.19. The minimum absolute atomic E-state index is 0.285. The van der Waals surface area contributed by atoms with Crippen LogP contribution in [0.4, 0.5) is 0 Å². The van der Waals surface area contributed by atoms with Crippen LogP contribution in [-0.2, 0) is 21.3 Å². The Kier molecular flexibility index (Phi) is 6.13. The van der Waals surface area contributed by atoms with Gasteiger partial charge in [0.05, 0.1) is 18.1 Å². The van der Waals surface area contributed by atoms with Crippen molar-refractivity contribution < 1.29 is 13.2 Å². The number of hydrazine groups is 1. The molecule has 1 saturated heterocycles. The standard InChI is InChI=1S/C14H23N3O3S/c1-2-7-15-12-13-3-5-14(6-4-13)21(18,19)16-17-8-10-20-11-9-17/h3-6,15-16H,2,7-12H2,1H3. The smallest absolute Gasteiger partial charge is 0.253 e. The SMILES string of the molecule is CCCNCc1ccc(S(=O)(=O)NN2CCOCC2)cc1. The highest BCUT2D eigenvalue weighted by Crippen LogP contribution is 2.11. The van der Waals surface area contributed by atoms with Gasteiger partial charge in [0.1, 0.15) is 0 Å². The maximum Gasteiger partial charge on any atom is 0.253 e. The molecule has 0 amide bonds. The number of rotatable bonds is 7. The van der Waals surface area contributed by atoms with Gasteiger partial charge in [0.2, 0.25) is 0 Å². The average molecular weight is 313 g/mol. The fraction of sp³-hybridized carbons (Fsp3) is 0.571. The Bertz CT molecular complexity index is 525. The van der Waals surface area contributed by atoms with E-state index in [0.29, 0.717) is 26.3 Å². The minimum atomic E-state index is -3.50.